The van der Waals surface area contributed by atoms with Crippen LogP contribution in [0.1, 0.15) is 43.7 Å². The van der Waals surface area contributed by atoms with Crippen LogP contribution in [0.15, 0.2) is 36.5 Å². The summed E-state index contributed by atoms with van der Waals surface area (Å²) in [6.07, 6.45) is 3.99. The third kappa shape index (κ3) is 3.88. The van der Waals surface area contributed by atoms with E-state index >= 15 is 0 Å². The van der Waals surface area contributed by atoms with Gasteiger partial charge >= 0.3 is 0 Å². The zero-order chi connectivity index (χ0) is 16.9. The molecule has 0 N–H and O–H groups in total. The Kier molecular flexibility index (Phi) is 5.37. The summed E-state index contributed by atoms with van der Waals surface area (Å²) in [5, 5.41) is 8.30. The maximum Gasteiger partial charge on any atom is 0.149 e. The summed E-state index contributed by atoms with van der Waals surface area (Å²) in [5.41, 5.74) is 1.84. The van der Waals surface area contributed by atoms with Crippen molar-refractivity contribution in [1.82, 2.24) is 19.9 Å². The van der Waals surface area contributed by atoms with Crippen LogP contribution in [0, 0.1) is 0 Å². The van der Waals surface area contributed by atoms with Gasteiger partial charge in [-0.3, -0.25) is 14.4 Å². The molecule has 1 aromatic carbocycles. The second kappa shape index (κ2) is 7.68. The Labute approximate surface area is 142 Å². The molecule has 1 aromatic heterocycles. The fourth-order valence-corrected chi connectivity index (χ4v) is 2.96. The number of benzene rings is 1. The summed E-state index contributed by atoms with van der Waals surface area (Å²) in [7, 11) is 1.94. The number of carbonyl (C=O) groups is 1. The minimum absolute atomic E-state index is 0.191. The van der Waals surface area contributed by atoms with Gasteiger partial charge in [0.2, 0.25) is 0 Å². The van der Waals surface area contributed by atoms with Crippen LogP contribution in [0.5, 0.6) is 0 Å². The van der Waals surface area contributed by atoms with Gasteiger partial charge in [0.25, 0.3) is 0 Å². The fourth-order valence-electron chi connectivity index (χ4n) is 2.96. The molecule has 0 fully saturated rings. The van der Waals surface area contributed by atoms with Gasteiger partial charge in [0.15, 0.2) is 0 Å². The van der Waals surface area contributed by atoms with Crippen LogP contribution >= 0.6 is 0 Å². The van der Waals surface area contributed by atoms with Crippen LogP contribution < -0.4 is 0 Å². The summed E-state index contributed by atoms with van der Waals surface area (Å²) in [6, 6.07) is 9.79. The largest absolute Gasteiger partial charge is 0.352 e. The molecule has 0 aliphatic carbocycles. The molecule has 2 heterocycles. The lowest BCUT2D eigenvalue weighted by Gasteiger charge is -2.32. The molecule has 0 saturated heterocycles. The van der Waals surface area contributed by atoms with E-state index in [0.717, 1.165) is 30.6 Å². The normalized spacial score (nSPS) is 24.0. The third-order valence-corrected chi connectivity index (χ3v) is 4.57. The first-order chi connectivity index (χ1) is 11.6. The van der Waals surface area contributed by atoms with E-state index in [-0.39, 0.29) is 18.1 Å². The van der Waals surface area contributed by atoms with Gasteiger partial charge < -0.3 is 4.74 Å². The zero-order valence-corrected chi connectivity index (χ0v) is 14.3. The van der Waals surface area contributed by atoms with E-state index in [9.17, 15) is 4.79 Å². The highest BCUT2D eigenvalue weighted by atomic mass is 16.5. The predicted molar refractivity (Wildman–Crippen MR) is 90.1 cm³/mol. The first kappa shape index (κ1) is 16.8. The Bertz CT molecular complexity index is 671. The quantitative estimate of drug-likeness (QED) is 0.805. The second-order valence-electron chi connectivity index (χ2n) is 6.31. The first-order valence-corrected chi connectivity index (χ1v) is 8.45. The van der Waals surface area contributed by atoms with E-state index in [1.54, 1.807) is 0 Å². The number of hydrogen-bond acceptors (Lipinski definition) is 5. The Morgan fingerprint density at radius 1 is 1.21 bits per heavy atom. The van der Waals surface area contributed by atoms with E-state index in [4.69, 9.17) is 4.74 Å². The average Bonchev–Trinajstić information content (AvgIpc) is 3.06. The predicted octanol–water partition coefficient (Wildman–Crippen LogP) is 2.57. The van der Waals surface area contributed by atoms with Crippen molar-refractivity contribution in [2.75, 3.05) is 7.05 Å². The van der Waals surface area contributed by atoms with Crippen molar-refractivity contribution < 1.29 is 9.53 Å². The molecule has 128 valence electrons. The van der Waals surface area contributed by atoms with Crippen molar-refractivity contribution in [3.63, 3.8) is 0 Å². The monoisotopic (exact) mass is 328 g/mol. The van der Waals surface area contributed by atoms with E-state index in [2.05, 4.69) is 10.3 Å². The molecule has 0 radical (unpaired) electrons. The van der Waals surface area contributed by atoms with Crippen LogP contribution in [-0.4, -0.2) is 38.8 Å². The number of rotatable bonds is 1. The molecule has 2 aromatic rings. The zero-order valence-electron chi connectivity index (χ0n) is 14.3. The highest BCUT2D eigenvalue weighted by Crippen LogP contribution is 2.25. The van der Waals surface area contributed by atoms with Crippen LogP contribution in [0.25, 0.3) is 0 Å². The van der Waals surface area contributed by atoms with Gasteiger partial charge in [0.1, 0.15) is 17.7 Å². The van der Waals surface area contributed by atoms with Crippen LogP contribution in [0.3, 0.4) is 0 Å². The number of aromatic nitrogens is 3. The minimum atomic E-state index is -0.295. The number of carbonyl (C=O) groups excluding carboxylic acids is 1. The van der Waals surface area contributed by atoms with E-state index in [1.807, 2.05) is 60.1 Å². The van der Waals surface area contributed by atoms with Gasteiger partial charge in [-0.1, -0.05) is 35.5 Å². The lowest BCUT2D eigenvalue weighted by molar-refractivity contribution is -0.132. The molecular weight excluding hydrogens is 304 g/mol. The number of nitrogens with zero attached hydrogens (tertiary/aromatic N) is 4. The van der Waals surface area contributed by atoms with Gasteiger partial charge in [0, 0.05) is 13.0 Å². The van der Waals surface area contributed by atoms with Crippen LogP contribution in [0.2, 0.25) is 0 Å². The first-order valence-electron chi connectivity index (χ1n) is 8.45. The van der Waals surface area contributed by atoms with Crippen LogP contribution in [0.4, 0.5) is 0 Å². The van der Waals surface area contributed by atoms with E-state index in [1.165, 1.54) is 0 Å². The molecular formula is C18H24N4O2. The van der Waals surface area contributed by atoms with Gasteiger partial charge in [-0.25, -0.2) is 0 Å². The Balaban J connectivity index is 1.87. The van der Waals surface area contributed by atoms with Crippen molar-refractivity contribution in [1.29, 1.82) is 0 Å². The molecule has 1 aliphatic heterocycles. The number of fused-ring (bicyclic) bond motifs is 2. The Hall–Kier alpha value is -2.05. The van der Waals surface area contributed by atoms with Gasteiger partial charge in [0.05, 0.1) is 18.8 Å². The van der Waals surface area contributed by atoms with Crippen LogP contribution in [-0.2, 0) is 22.7 Å². The highest BCUT2D eigenvalue weighted by molar-refractivity contribution is 5.83. The van der Waals surface area contributed by atoms with Gasteiger partial charge in [-0.2, -0.15) is 0 Å². The molecule has 6 nitrogen and oxygen atoms in total. The standard InChI is InChI=1S/C18H24N4O2/c1-14-17(23)10-6-7-11-22-12-16(19-20-22)13-24-18(21(14)2)15-8-4-3-5-9-15/h3-5,8-9,12,14,18H,6-7,10-11,13H2,1-2H3/t14?,18-/m1/s1. The van der Waals surface area contributed by atoms with Crippen molar-refractivity contribution in [2.45, 2.75) is 51.6 Å². The summed E-state index contributed by atoms with van der Waals surface area (Å²) in [6.45, 7) is 3.10. The summed E-state index contributed by atoms with van der Waals surface area (Å²) < 4.78 is 7.95. The minimum Gasteiger partial charge on any atom is -0.352 e. The molecule has 0 spiro atoms. The number of Topliss-reactive ketones (excluding diaryl/α,β-unsaturated/α-hetero) is 1. The van der Waals surface area contributed by atoms with E-state index < -0.39 is 0 Å². The number of ketones is 1. The molecule has 2 bridgehead atoms. The fraction of sp³-hybridized carbons (Fsp3) is 0.500. The summed E-state index contributed by atoms with van der Waals surface area (Å²) in [5.74, 6) is 0.250. The van der Waals surface area contributed by atoms with Crippen molar-refractivity contribution >= 4 is 5.78 Å². The molecule has 24 heavy (non-hydrogen) atoms. The molecule has 1 unspecified atom stereocenters. The molecule has 6 heteroatoms. The topological polar surface area (TPSA) is 60.3 Å². The van der Waals surface area contributed by atoms with Crippen molar-refractivity contribution in [3.05, 3.63) is 47.8 Å². The van der Waals surface area contributed by atoms with Gasteiger partial charge in [-0.05, 0) is 32.4 Å². The Morgan fingerprint density at radius 2 is 2.00 bits per heavy atom. The molecule has 2 atom stereocenters. The molecule has 1 aliphatic rings. The molecule has 0 saturated carbocycles. The summed E-state index contributed by atoms with van der Waals surface area (Å²) in [4.78, 5) is 14.5. The second-order valence-corrected chi connectivity index (χ2v) is 6.31. The number of aryl methyl sites for hydroxylation is 1. The number of likely N-dealkylation sites (N-methyl/N-ethyl adjacent to an activating group) is 1. The maximum absolute atomic E-state index is 12.5. The molecule has 0 amide bonds. The number of ether oxygens (including phenoxy) is 1. The van der Waals surface area contributed by atoms with Gasteiger partial charge in [-0.15, -0.1) is 5.10 Å². The lowest BCUT2D eigenvalue weighted by Crippen LogP contribution is -2.39. The number of hydrogen-bond donors (Lipinski definition) is 0. The smallest absolute Gasteiger partial charge is 0.149 e. The third-order valence-electron chi connectivity index (χ3n) is 4.57. The van der Waals surface area contributed by atoms with Crippen molar-refractivity contribution in [3.8, 4) is 0 Å². The van der Waals surface area contributed by atoms with E-state index in [0.29, 0.717) is 13.0 Å². The Morgan fingerprint density at radius 3 is 2.79 bits per heavy atom. The highest BCUT2D eigenvalue weighted by Gasteiger charge is 2.27. The molecule has 3 rings (SSSR count). The summed E-state index contributed by atoms with van der Waals surface area (Å²) >= 11 is 0. The lowest BCUT2D eigenvalue weighted by atomic mass is 10.1. The van der Waals surface area contributed by atoms with Crippen molar-refractivity contribution in [2.24, 2.45) is 0 Å². The maximum atomic E-state index is 12.5. The SMILES string of the molecule is CC1C(=O)CCCCn2cc(nn2)CO[C@H](c2ccccc2)N1C. The average molecular weight is 328 g/mol.